The van der Waals surface area contributed by atoms with E-state index in [0.717, 1.165) is 0 Å². The number of nitrogens with zero attached hydrogens (tertiary/aromatic N) is 2. The van der Waals surface area contributed by atoms with Gasteiger partial charge in [0.2, 0.25) is 0 Å². The van der Waals surface area contributed by atoms with E-state index in [9.17, 15) is 0 Å². The van der Waals surface area contributed by atoms with E-state index >= 15 is 0 Å². The van der Waals surface area contributed by atoms with Crippen LogP contribution in [0.15, 0.2) is 48.1 Å². The van der Waals surface area contributed by atoms with Gasteiger partial charge in [-0.1, -0.05) is 29.5 Å². The molecule has 0 N–H and O–H groups in total. The van der Waals surface area contributed by atoms with Crippen molar-refractivity contribution >= 4 is 28.7 Å². The molecule has 0 spiro atoms. The fraction of sp³-hybridized carbons (Fsp3) is 0.133. The molecule has 19 heavy (non-hydrogen) atoms. The first kappa shape index (κ1) is 14.3. The summed E-state index contributed by atoms with van der Waals surface area (Å²) in [7, 11) is 4.16. The van der Waals surface area contributed by atoms with Crippen molar-refractivity contribution in [2.75, 3.05) is 11.9 Å². The maximum absolute atomic E-state index is 2.24. The predicted octanol–water partition coefficient (Wildman–Crippen LogP) is 0.0807. The topological polar surface area (TPSA) is 7.12 Å². The Morgan fingerprint density at radius 1 is 1.26 bits per heavy atom. The van der Waals surface area contributed by atoms with Gasteiger partial charge in [0.15, 0.2) is 6.20 Å². The molecule has 0 saturated carbocycles. The number of benzene rings is 1. The quantitative estimate of drug-likeness (QED) is 0.501. The van der Waals surface area contributed by atoms with Gasteiger partial charge in [-0.15, -0.1) is 0 Å². The van der Waals surface area contributed by atoms with E-state index in [-0.39, 0.29) is 24.0 Å². The number of rotatable bonds is 1. The van der Waals surface area contributed by atoms with Crippen molar-refractivity contribution in [3.63, 3.8) is 0 Å². The van der Waals surface area contributed by atoms with Crippen LogP contribution >= 0.6 is 11.3 Å². The maximum Gasteiger partial charge on any atom is 0.262 e. The first-order chi connectivity index (χ1) is 8.75. The Morgan fingerprint density at radius 3 is 2.79 bits per heavy atom. The molecule has 0 radical (unpaired) electrons. The monoisotopic (exact) mass is 382 g/mol. The molecule has 0 atom stereocenters. The molecule has 3 rings (SSSR count). The van der Waals surface area contributed by atoms with Crippen LogP contribution in [0.5, 0.6) is 0 Å². The molecule has 0 amide bonds. The second kappa shape index (κ2) is 5.88. The fourth-order valence-corrected chi connectivity index (χ4v) is 2.94. The average molecular weight is 382 g/mol. The van der Waals surface area contributed by atoms with Gasteiger partial charge in [0, 0.05) is 30.6 Å². The van der Waals surface area contributed by atoms with Crippen molar-refractivity contribution in [1.82, 2.24) is 0 Å². The predicted molar refractivity (Wildman–Crippen MR) is 77.4 cm³/mol. The number of para-hydroxylation sites is 1. The van der Waals surface area contributed by atoms with E-state index in [1.165, 1.54) is 21.8 Å². The second-order valence-corrected chi connectivity index (χ2v) is 5.32. The Kier molecular flexibility index (Phi) is 4.42. The second-order valence-electron chi connectivity index (χ2n) is 4.40. The molecule has 2 nitrogen and oxygen atoms in total. The van der Waals surface area contributed by atoms with Gasteiger partial charge in [0.05, 0.1) is 5.38 Å². The molecule has 2 aromatic rings. The third-order valence-electron chi connectivity index (χ3n) is 3.17. The third-order valence-corrected chi connectivity index (χ3v) is 4.08. The number of fused-ring (bicyclic) bond motifs is 1. The third kappa shape index (κ3) is 2.74. The van der Waals surface area contributed by atoms with E-state index in [2.05, 4.69) is 77.8 Å². The SMILES string of the molecule is CN1C=C/C(=C\c2scc[n+]2C)c2ccccc21.[I-]. The Morgan fingerprint density at radius 2 is 2.05 bits per heavy atom. The van der Waals surface area contributed by atoms with Crippen LogP contribution in [0, 0.1) is 0 Å². The molecular formula is C15H15IN2S. The molecule has 1 aromatic heterocycles. The van der Waals surface area contributed by atoms with E-state index in [4.69, 9.17) is 0 Å². The standard InChI is InChI=1S/C15H15N2S.HI/c1-16-8-7-12(11-15-17(2)9-10-18-15)13-5-3-4-6-14(13)16;/h3-11H,1-2H3;1H/q+1;/p-1. The Bertz CT molecular complexity index is 643. The van der Waals surface area contributed by atoms with Gasteiger partial charge in [-0.25, -0.2) is 0 Å². The number of aromatic nitrogens is 1. The highest BCUT2D eigenvalue weighted by atomic mass is 127. The summed E-state index contributed by atoms with van der Waals surface area (Å²) < 4.78 is 2.15. The lowest BCUT2D eigenvalue weighted by Crippen LogP contribution is -3.00. The minimum absolute atomic E-state index is 0. The summed E-state index contributed by atoms with van der Waals surface area (Å²) in [5, 5.41) is 3.37. The molecule has 0 fully saturated rings. The van der Waals surface area contributed by atoms with Crippen molar-refractivity contribution in [3.05, 3.63) is 58.7 Å². The molecule has 4 heteroatoms. The number of aryl methyl sites for hydroxylation is 1. The molecule has 2 heterocycles. The van der Waals surface area contributed by atoms with Gasteiger partial charge >= 0.3 is 0 Å². The summed E-state index contributed by atoms with van der Waals surface area (Å²) in [6, 6.07) is 8.50. The van der Waals surface area contributed by atoms with E-state index in [1.807, 2.05) is 0 Å². The molecular weight excluding hydrogens is 367 g/mol. The largest absolute Gasteiger partial charge is 1.00 e. The average Bonchev–Trinajstić information content (AvgIpc) is 2.79. The van der Waals surface area contributed by atoms with Gasteiger partial charge in [-0.3, -0.25) is 0 Å². The summed E-state index contributed by atoms with van der Waals surface area (Å²) in [4.78, 5) is 2.15. The van der Waals surface area contributed by atoms with Gasteiger partial charge in [0.1, 0.15) is 7.05 Å². The summed E-state index contributed by atoms with van der Waals surface area (Å²) in [6.07, 6.45) is 8.61. The zero-order valence-electron chi connectivity index (χ0n) is 10.9. The minimum atomic E-state index is 0. The van der Waals surface area contributed by atoms with Crippen molar-refractivity contribution in [2.45, 2.75) is 0 Å². The zero-order chi connectivity index (χ0) is 12.5. The molecule has 0 bridgehead atoms. The lowest BCUT2D eigenvalue weighted by molar-refractivity contribution is -0.668. The highest BCUT2D eigenvalue weighted by Gasteiger charge is 2.14. The molecule has 1 aromatic carbocycles. The summed E-state index contributed by atoms with van der Waals surface area (Å²) in [6.45, 7) is 0. The Hall–Kier alpha value is -1.14. The number of halogens is 1. The lowest BCUT2D eigenvalue weighted by Gasteiger charge is -2.23. The summed E-state index contributed by atoms with van der Waals surface area (Å²) in [5.74, 6) is 0. The highest BCUT2D eigenvalue weighted by Crippen LogP contribution is 2.32. The number of hydrogen-bond donors (Lipinski definition) is 0. The van der Waals surface area contributed by atoms with Gasteiger partial charge in [0.25, 0.3) is 5.01 Å². The molecule has 0 saturated heterocycles. The van der Waals surface area contributed by atoms with Crippen LogP contribution in [0.25, 0.3) is 11.6 Å². The smallest absolute Gasteiger partial charge is 0.262 e. The van der Waals surface area contributed by atoms with Gasteiger partial charge in [-0.2, -0.15) is 4.57 Å². The highest BCUT2D eigenvalue weighted by molar-refractivity contribution is 7.10. The first-order valence-corrected chi connectivity index (χ1v) is 6.79. The lowest BCUT2D eigenvalue weighted by atomic mass is 10.00. The summed E-state index contributed by atoms with van der Waals surface area (Å²) >= 11 is 1.76. The van der Waals surface area contributed by atoms with Crippen LogP contribution in [-0.4, -0.2) is 7.05 Å². The van der Waals surface area contributed by atoms with E-state index < -0.39 is 0 Å². The van der Waals surface area contributed by atoms with Crippen molar-refractivity contribution in [2.24, 2.45) is 7.05 Å². The van der Waals surface area contributed by atoms with E-state index in [1.54, 1.807) is 11.3 Å². The number of anilines is 1. The van der Waals surface area contributed by atoms with Crippen LogP contribution in [-0.2, 0) is 7.05 Å². The number of hydrogen-bond acceptors (Lipinski definition) is 2. The number of allylic oxidation sites excluding steroid dienone is 2. The molecule has 1 aliphatic rings. The minimum Gasteiger partial charge on any atom is -1.00 e. The molecule has 0 unspecified atom stereocenters. The van der Waals surface area contributed by atoms with E-state index in [0.29, 0.717) is 0 Å². The Labute approximate surface area is 134 Å². The van der Waals surface area contributed by atoms with Crippen molar-refractivity contribution < 1.29 is 28.5 Å². The van der Waals surface area contributed by atoms with Gasteiger partial charge < -0.3 is 28.9 Å². The van der Waals surface area contributed by atoms with Crippen molar-refractivity contribution in [3.8, 4) is 0 Å². The van der Waals surface area contributed by atoms with Crippen LogP contribution in [0.2, 0.25) is 0 Å². The van der Waals surface area contributed by atoms with Crippen molar-refractivity contribution in [1.29, 1.82) is 0 Å². The van der Waals surface area contributed by atoms with Gasteiger partial charge in [-0.05, 0) is 17.7 Å². The van der Waals surface area contributed by atoms with Crippen LogP contribution in [0.4, 0.5) is 5.69 Å². The normalized spacial score (nSPS) is 15.3. The molecule has 98 valence electrons. The molecule has 1 aliphatic heterocycles. The molecule has 0 aliphatic carbocycles. The first-order valence-electron chi connectivity index (χ1n) is 5.91. The van der Waals surface area contributed by atoms with Crippen LogP contribution in [0.3, 0.4) is 0 Å². The number of thiazole rings is 1. The maximum atomic E-state index is 2.24. The summed E-state index contributed by atoms with van der Waals surface area (Å²) in [5.41, 5.74) is 3.81. The van der Waals surface area contributed by atoms with Crippen LogP contribution in [0.1, 0.15) is 10.6 Å². The zero-order valence-corrected chi connectivity index (χ0v) is 13.9. The van der Waals surface area contributed by atoms with Crippen LogP contribution < -0.4 is 33.4 Å². The Balaban J connectivity index is 0.00000133. The fourth-order valence-electron chi connectivity index (χ4n) is 2.13.